The Labute approximate surface area is 79.6 Å². The first-order valence-electron chi connectivity index (χ1n) is 4.49. The van der Waals surface area contributed by atoms with Crippen molar-refractivity contribution in [1.29, 1.82) is 0 Å². The SMILES string of the molecule is CCC(NCC(C)OC)C(=O)OC. The fourth-order valence-corrected chi connectivity index (χ4v) is 0.928. The van der Waals surface area contributed by atoms with E-state index < -0.39 is 0 Å². The first-order valence-corrected chi connectivity index (χ1v) is 4.49. The lowest BCUT2D eigenvalue weighted by Crippen LogP contribution is -2.40. The van der Waals surface area contributed by atoms with Crippen LogP contribution in [0.1, 0.15) is 20.3 Å². The molecule has 2 unspecified atom stereocenters. The molecule has 0 aliphatic heterocycles. The Morgan fingerprint density at radius 1 is 1.46 bits per heavy atom. The Morgan fingerprint density at radius 3 is 2.46 bits per heavy atom. The highest BCUT2D eigenvalue weighted by atomic mass is 16.5. The summed E-state index contributed by atoms with van der Waals surface area (Å²) in [6.45, 7) is 4.53. The summed E-state index contributed by atoms with van der Waals surface area (Å²) in [4.78, 5) is 11.1. The summed E-state index contributed by atoms with van der Waals surface area (Å²) < 4.78 is 9.67. The molecule has 2 atom stereocenters. The number of hydrogen-bond donors (Lipinski definition) is 1. The molecule has 0 fully saturated rings. The molecule has 78 valence electrons. The van der Waals surface area contributed by atoms with E-state index >= 15 is 0 Å². The van der Waals surface area contributed by atoms with Crippen LogP contribution in [0.15, 0.2) is 0 Å². The predicted octanol–water partition coefficient (Wildman–Crippen LogP) is 0.562. The largest absolute Gasteiger partial charge is 0.468 e. The van der Waals surface area contributed by atoms with Gasteiger partial charge >= 0.3 is 5.97 Å². The van der Waals surface area contributed by atoms with E-state index in [2.05, 4.69) is 10.1 Å². The molecule has 4 nitrogen and oxygen atoms in total. The van der Waals surface area contributed by atoms with Gasteiger partial charge < -0.3 is 14.8 Å². The number of carbonyl (C=O) groups excluding carboxylic acids is 1. The van der Waals surface area contributed by atoms with Gasteiger partial charge in [0.05, 0.1) is 13.2 Å². The zero-order chi connectivity index (χ0) is 10.3. The summed E-state index contributed by atoms with van der Waals surface area (Å²) in [6, 6.07) is -0.220. The van der Waals surface area contributed by atoms with Gasteiger partial charge in [0, 0.05) is 13.7 Å². The smallest absolute Gasteiger partial charge is 0.322 e. The lowest BCUT2D eigenvalue weighted by atomic mass is 10.2. The Bertz CT molecular complexity index is 150. The van der Waals surface area contributed by atoms with E-state index in [1.807, 2.05) is 13.8 Å². The summed E-state index contributed by atoms with van der Waals surface area (Å²) >= 11 is 0. The number of hydrogen-bond acceptors (Lipinski definition) is 4. The van der Waals surface area contributed by atoms with Gasteiger partial charge in [0.25, 0.3) is 0 Å². The normalized spacial score (nSPS) is 15.1. The summed E-state index contributed by atoms with van der Waals surface area (Å²) in [5, 5.41) is 3.07. The summed E-state index contributed by atoms with van der Waals surface area (Å²) in [7, 11) is 3.04. The van der Waals surface area contributed by atoms with Gasteiger partial charge in [-0.25, -0.2) is 0 Å². The highest BCUT2D eigenvalue weighted by Crippen LogP contribution is 1.95. The zero-order valence-corrected chi connectivity index (χ0v) is 8.79. The first kappa shape index (κ1) is 12.4. The van der Waals surface area contributed by atoms with E-state index in [4.69, 9.17) is 4.74 Å². The van der Waals surface area contributed by atoms with Crippen LogP contribution in [0.25, 0.3) is 0 Å². The molecule has 0 amide bonds. The van der Waals surface area contributed by atoms with Crippen LogP contribution in [0.4, 0.5) is 0 Å². The van der Waals surface area contributed by atoms with Gasteiger partial charge in [-0.15, -0.1) is 0 Å². The van der Waals surface area contributed by atoms with Crippen LogP contribution >= 0.6 is 0 Å². The lowest BCUT2D eigenvalue weighted by molar-refractivity contribution is -0.143. The van der Waals surface area contributed by atoms with Crippen LogP contribution in [0, 0.1) is 0 Å². The number of rotatable bonds is 6. The fraction of sp³-hybridized carbons (Fsp3) is 0.889. The molecule has 13 heavy (non-hydrogen) atoms. The molecule has 0 aliphatic carbocycles. The second-order valence-corrected chi connectivity index (χ2v) is 2.94. The maximum absolute atomic E-state index is 11.1. The third-order valence-electron chi connectivity index (χ3n) is 1.95. The monoisotopic (exact) mass is 189 g/mol. The van der Waals surface area contributed by atoms with Crippen LogP contribution in [-0.2, 0) is 14.3 Å². The van der Waals surface area contributed by atoms with Crippen LogP contribution < -0.4 is 5.32 Å². The van der Waals surface area contributed by atoms with Crippen molar-refractivity contribution < 1.29 is 14.3 Å². The topological polar surface area (TPSA) is 47.6 Å². The van der Waals surface area contributed by atoms with Crippen molar-refractivity contribution >= 4 is 5.97 Å². The van der Waals surface area contributed by atoms with E-state index in [1.54, 1.807) is 7.11 Å². The molecule has 0 aromatic heterocycles. The predicted molar refractivity (Wildman–Crippen MR) is 50.6 cm³/mol. The van der Waals surface area contributed by atoms with E-state index in [1.165, 1.54) is 7.11 Å². The molecule has 0 aliphatic rings. The van der Waals surface area contributed by atoms with Crippen LogP contribution in [0.2, 0.25) is 0 Å². The van der Waals surface area contributed by atoms with E-state index in [0.717, 1.165) is 6.42 Å². The molecule has 0 bridgehead atoms. The van der Waals surface area contributed by atoms with E-state index in [0.29, 0.717) is 6.54 Å². The Morgan fingerprint density at radius 2 is 2.08 bits per heavy atom. The van der Waals surface area contributed by atoms with Crippen LogP contribution in [0.5, 0.6) is 0 Å². The minimum Gasteiger partial charge on any atom is -0.468 e. The molecule has 0 heterocycles. The molecule has 0 aromatic carbocycles. The molecular formula is C9H19NO3. The summed E-state index contributed by atoms with van der Waals surface area (Å²) in [5.41, 5.74) is 0. The molecular weight excluding hydrogens is 170 g/mol. The van der Waals surface area contributed by atoms with E-state index in [-0.39, 0.29) is 18.1 Å². The minimum atomic E-state index is -0.220. The Balaban J connectivity index is 3.78. The van der Waals surface area contributed by atoms with E-state index in [9.17, 15) is 4.79 Å². The quantitative estimate of drug-likeness (QED) is 0.620. The van der Waals surface area contributed by atoms with Crippen molar-refractivity contribution in [3.63, 3.8) is 0 Å². The van der Waals surface area contributed by atoms with Gasteiger partial charge in [-0.1, -0.05) is 6.92 Å². The molecule has 0 rings (SSSR count). The van der Waals surface area contributed by atoms with Crippen LogP contribution in [-0.4, -0.2) is 38.9 Å². The maximum Gasteiger partial charge on any atom is 0.322 e. The zero-order valence-electron chi connectivity index (χ0n) is 8.79. The third-order valence-corrected chi connectivity index (χ3v) is 1.95. The van der Waals surface area contributed by atoms with Gasteiger partial charge in [0.15, 0.2) is 0 Å². The maximum atomic E-state index is 11.1. The van der Waals surface area contributed by atoms with Gasteiger partial charge in [-0.3, -0.25) is 4.79 Å². The molecule has 0 saturated carbocycles. The van der Waals surface area contributed by atoms with Gasteiger partial charge in [-0.05, 0) is 13.3 Å². The van der Waals surface area contributed by atoms with Crippen molar-refractivity contribution in [3.05, 3.63) is 0 Å². The molecule has 0 spiro atoms. The Kier molecular flexibility index (Phi) is 6.54. The third kappa shape index (κ3) is 4.85. The van der Waals surface area contributed by atoms with Crippen molar-refractivity contribution in [2.75, 3.05) is 20.8 Å². The van der Waals surface area contributed by atoms with Crippen molar-refractivity contribution in [1.82, 2.24) is 5.32 Å². The Hall–Kier alpha value is -0.610. The van der Waals surface area contributed by atoms with Gasteiger partial charge in [0.2, 0.25) is 0 Å². The summed E-state index contributed by atoms with van der Waals surface area (Å²) in [5.74, 6) is -0.217. The lowest BCUT2D eigenvalue weighted by Gasteiger charge is -2.16. The van der Waals surface area contributed by atoms with Crippen molar-refractivity contribution in [2.24, 2.45) is 0 Å². The number of esters is 1. The highest BCUT2D eigenvalue weighted by Gasteiger charge is 2.16. The molecule has 0 radical (unpaired) electrons. The summed E-state index contributed by atoms with van der Waals surface area (Å²) in [6.07, 6.45) is 0.835. The molecule has 1 N–H and O–H groups in total. The number of nitrogens with one attached hydrogen (secondary N) is 1. The van der Waals surface area contributed by atoms with Crippen LogP contribution in [0.3, 0.4) is 0 Å². The van der Waals surface area contributed by atoms with Crippen molar-refractivity contribution in [3.8, 4) is 0 Å². The second kappa shape index (κ2) is 6.86. The first-order chi connectivity index (χ1) is 6.15. The fourth-order valence-electron chi connectivity index (χ4n) is 0.928. The average Bonchev–Trinajstić information content (AvgIpc) is 2.17. The standard InChI is InChI=1S/C9H19NO3/c1-5-8(9(11)13-4)10-6-7(2)12-3/h7-8,10H,5-6H2,1-4H3. The highest BCUT2D eigenvalue weighted by molar-refractivity contribution is 5.75. The molecule has 4 heteroatoms. The van der Waals surface area contributed by atoms with Gasteiger partial charge in [-0.2, -0.15) is 0 Å². The number of methoxy groups -OCH3 is 2. The number of ether oxygens (including phenoxy) is 2. The molecule has 0 saturated heterocycles. The second-order valence-electron chi connectivity index (χ2n) is 2.94. The molecule has 0 aromatic rings. The number of carbonyl (C=O) groups is 1. The minimum absolute atomic E-state index is 0.110. The average molecular weight is 189 g/mol. The van der Waals surface area contributed by atoms with Crippen molar-refractivity contribution in [2.45, 2.75) is 32.4 Å². The van der Waals surface area contributed by atoms with Gasteiger partial charge in [0.1, 0.15) is 6.04 Å².